The summed E-state index contributed by atoms with van der Waals surface area (Å²) in [4.78, 5) is 2.21. The molecule has 0 aliphatic carbocycles. The van der Waals surface area contributed by atoms with Crippen LogP contribution in [-0.2, 0) is 0 Å². The van der Waals surface area contributed by atoms with Crippen LogP contribution in [0, 0.1) is 0 Å². The zero-order valence-electron chi connectivity index (χ0n) is 7.38. The zero-order chi connectivity index (χ0) is 8.39. The van der Waals surface area contributed by atoms with Gasteiger partial charge in [-0.15, -0.1) is 0 Å². The van der Waals surface area contributed by atoms with Crippen molar-refractivity contribution < 1.29 is 4.39 Å². The summed E-state index contributed by atoms with van der Waals surface area (Å²) in [6.45, 7) is 2.82. The number of piperidine rings is 1. The molecule has 0 saturated carbocycles. The minimum atomic E-state index is -0.692. The van der Waals surface area contributed by atoms with E-state index in [4.69, 9.17) is 0 Å². The van der Waals surface area contributed by atoms with Crippen LogP contribution in [0.4, 0.5) is 4.39 Å². The molecule has 2 saturated heterocycles. The highest BCUT2D eigenvalue weighted by Crippen LogP contribution is 2.20. The lowest BCUT2D eigenvalue weighted by Gasteiger charge is -2.32. The molecule has 0 spiro atoms. The summed E-state index contributed by atoms with van der Waals surface area (Å²) in [6.07, 6.45) is 3.60. The summed E-state index contributed by atoms with van der Waals surface area (Å²) in [5, 5.41) is 4.29. The van der Waals surface area contributed by atoms with Crippen LogP contribution < -0.4 is 5.32 Å². The summed E-state index contributed by atoms with van der Waals surface area (Å²) in [6, 6.07) is 0. The van der Waals surface area contributed by atoms with Crippen molar-refractivity contribution in [2.75, 3.05) is 19.6 Å². The van der Waals surface area contributed by atoms with Crippen molar-refractivity contribution in [3.8, 4) is 0 Å². The molecule has 0 aromatic heterocycles. The summed E-state index contributed by atoms with van der Waals surface area (Å²) >= 11 is 0. The quantitative estimate of drug-likeness (QED) is 0.578. The lowest BCUT2D eigenvalue weighted by Crippen LogP contribution is -2.45. The molecule has 2 fully saturated rings. The van der Waals surface area contributed by atoms with Crippen LogP contribution in [0.2, 0.25) is 0 Å². The van der Waals surface area contributed by atoms with Gasteiger partial charge in [-0.2, -0.15) is 0 Å². The first-order chi connectivity index (χ1) is 5.88. The van der Waals surface area contributed by atoms with Gasteiger partial charge in [0.2, 0.25) is 0 Å². The molecule has 2 aliphatic heterocycles. The van der Waals surface area contributed by atoms with Gasteiger partial charge in [0.25, 0.3) is 0 Å². The molecule has 1 radical (unpaired) electrons. The van der Waals surface area contributed by atoms with Crippen LogP contribution in [0.15, 0.2) is 0 Å². The first-order valence-corrected chi connectivity index (χ1v) is 4.92. The van der Waals surface area contributed by atoms with E-state index in [-0.39, 0.29) is 6.17 Å². The molecule has 2 atom stereocenters. The second-order valence-electron chi connectivity index (χ2n) is 3.72. The van der Waals surface area contributed by atoms with Gasteiger partial charge >= 0.3 is 0 Å². The Balaban J connectivity index is 1.89. The topological polar surface area (TPSA) is 17.3 Å². The van der Waals surface area contributed by atoms with Crippen molar-refractivity contribution in [1.82, 2.24) is 10.2 Å². The fraction of sp³-hybridized carbons (Fsp3) is 1.00. The number of alkyl halides is 1. The maximum absolute atomic E-state index is 13.2. The predicted molar refractivity (Wildman–Crippen MR) is 45.7 cm³/mol. The van der Waals surface area contributed by atoms with E-state index in [1.807, 2.05) is 0 Å². The normalized spacial score (nSPS) is 38.8. The van der Waals surface area contributed by atoms with E-state index in [1.54, 1.807) is 0 Å². The average Bonchev–Trinajstić information content (AvgIpc) is 2.53. The largest absolute Gasteiger partial charge is 0.284 e. The van der Waals surface area contributed by atoms with Crippen LogP contribution >= 0.6 is 0 Å². The molecule has 0 aromatic rings. The lowest BCUT2D eigenvalue weighted by molar-refractivity contribution is 0.0957. The Bertz CT molecular complexity index is 145. The van der Waals surface area contributed by atoms with Crippen LogP contribution in [0.3, 0.4) is 0 Å². The molecular formula is C9H16FN2. The van der Waals surface area contributed by atoms with E-state index < -0.39 is 6.17 Å². The second-order valence-corrected chi connectivity index (χ2v) is 3.72. The highest BCUT2D eigenvalue weighted by Gasteiger charge is 2.33. The number of likely N-dealkylation sites (tertiary alicyclic amines) is 1. The van der Waals surface area contributed by atoms with Gasteiger partial charge < -0.3 is 0 Å². The predicted octanol–water partition coefficient (Wildman–Crippen LogP) is 1.14. The Morgan fingerprint density at radius 2 is 1.92 bits per heavy atom. The van der Waals surface area contributed by atoms with Gasteiger partial charge in [0.05, 0.1) is 0 Å². The number of hydrogen-bond donors (Lipinski definition) is 0. The third kappa shape index (κ3) is 1.62. The van der Waals surface area contributed by atoms with E-state index in [0.29, 0.717) is 6.42 Å². The Labute approximate surface area is 73.1 Å². The lowest BCUT2D eigenvalue weighted by atomic mass is 10.1. The Morgan fingerprint density at radius 1 is 1.17 bits per heavy atom. The van der Waals surface area contributed by atoms with Crippen molar-refractivity contribution in [3.63, 3.8) is 0 Å². The van der Waals surface area contributed by atoms with Crippen LogP contribution in [0.5, 0.6) is 0 Å². The summed E-state index contributed by atoms with van der Waals surface area (Å²) in [5.41, 5.74) is 0. The SMILES string of the molecule is FC1CC[N]C1N1CCCCC1. The molecule has 2 unspecified atom stereocenters. The van der Waals surface area contributed by atoms with E-state index in [2.05, 4.69) is 10.2 Å². The monoisotopic (exact) mass is 171 g/mol. The fourth-order valence-corrected chi connectivity index (χ4v) is 2.12. The molecule has 0 bridgehead atoms. The molecule has 2 heterocycles. The first kappa shape index (κ1) is 8.45. The molecule has 2 aliphatic rings. The van der Waals surface area contributed by atoms with Crippen molar-refractivity contribution in [1.29, 1.82) is 0 Å². The molecule has 12 heavy (non-hydrogen) atoms. The molecule has 3 heteroatoms. The van der Waals surface area contributed by atoms with E-state index in [1.165, 1.54) is 19.3 Å². The van der Waals surface area contributed by atoms with Crippen molar-refractivity contribution in [2.45, 2.75) is 38.0 Å². The Morgan fingerprint density at radius 3 is 2.50 bits per heavy atom. The minimum absolute atomic E-state index is 0.0923. The van der Waals surface area contributed by atoms with E-state index in [0.717, 1.165) is 19.6 Å². The van der Waals surface area contributed by atoms with Gasteiger partial charge in [-0.1, -0.05) is 6.42 Å². The van der Waals surface area contributed by atoms with Gasteiger partial charge in [-0.05, 0) is 32.4 Å². The van der Waals surface area contributed by atoms with Crippen LogP contribution in [0.25, 0.3) is 0 Å². The number of hydrogen-bond acceptors (Lipinski definition) is 1. The third-order valence-corrected chi connectivity index (χ3v) is 2.81. The van der Waals surface area contributed by atoms with Gasteiger partial charge in [0.1, 0.15) is 12.3 Å². The molecule has 0 aromatic carbocycles. The van der Waals surface area contributed by atoms with Crippen molar-refractivity contribution >= 4 is 0 Å². The van der Waals surface area contributed by atoms with E-state index in [9.17, 15) is 4.39 Å². The number of nitrogens with zero attached hydrogens (tertiary/aromatic N) is 2. The summed E-state index contributed by atoms with van der Waals surface area (Å²) in [5.74, 6) is 0. The molecule has 0 amide bonds. The number of rotatable bonds is 1. The van der Waals surface area contributed by atoms with Gasteiger partial charge in [-0.3, -0.25) is 4.90 Å². The van der Waals surface area contributed by atoms with Gasteiger partial charge in [0.15, 0.2) is 0 Å². The summed E-state index contributed by atoms with van der Waals surface area (Å²) in [7, 11) is 0. The molecule has 0 N–H and O–H groups in total. The van der Waals surface area contributed by atoms with E-state index >= 15 is 0 Å². The molecule has 2 nitrogen and oxygen atoms in total. The van der Waals surface area contributed by atoms with Gasteiger partial charge in [-0.25, -0.2) is 9.71 Å². The second kappa shape index (κ2) is 3.71. The fourth-order valence-electron chi connectivity index (χ4n) is 2.12. The maximum Gasteiger partial charge on any atom is 0.131 e. The van der Waals surface area contributed by atoms with Gasteiger partial charge in [0, 0.05) is 6.54 Å². The molecule has 2 rings (SSSR count). The first-order valence-electron chi connectivity index (χ1n) is 4.92. The average molecular weight is 171 g/mol. The van der Waals surface area contributed by atoms with Crippen LogP contribution in [-0.4, -0.2) is 36.9 Å². The molecule has 69 valence electrons. The smallest absolute Gasteiger partial charge is 0.131 e. The standard InChI is InChI=1S/C9H16FN2/c10-8-4-5-11-9(8)12-6-2-1-3-7-12/h8-9H,1-7H2. The highest BCUT2D eigenvalue weighted by molar-refractivity contribution is 4.84. The zero-order valence-corrected chi connectivity index (χ0v) is 7.38. The third-order valence-electron chi connectivity index (χ3n) is 2.81. The maximum atomic E-state index is 13.2. The van der Waals surface area contributed by atoms with Crippen molar-refractivity contribution in [2.24, 2.45) is 0 Å². The summed E-state index contributed by atoms with van der Waals surface area (Å²) < 4.78 is 13.2. The number of halogens is 1. The van der Waals surface area contributed by atoms with Crippen molar-refractivity contribution in [3.05, 3.63) is 0 Å². The molecular weight excluding hydrogens is 155 g/mol. The Hall–Kier alpha value is -0.150. The highest BCUT2D eigenvalue weighted by atomic mass is 19.1. The van der Waals surface area contributed by atoms with Crippen LogP contribution in [0.1, 0.15) is 25.7 Å². The minimum Gasteiger partial charge on any atom is -0.284 e. The Kier molecular flexibility index (Phi) is 2.61.